The van der Waals surface area contributed by atoms with E-state index in [-0.39, 0.29) is 13.2 Å². The fraction of sp³-hybridized carbons (Fsp3) is 0.176. The highest BCUT2D eigenvalue weighted by atomic mass is 35.5. The average Bonchev–Trinajstić information content (AvgIpc) is 2.89. The third-order valence-electron chi connectivity index (χ3n) is 3.29. The lowest BCUT2D eigenvalue weighted by Gasteiger charge is -2.05. The number of oxazole rings is 1. The molecular weight excluding hydrogens is 350 g/mol. The number of benzene rings is 2. The van der Waals surface area contributed by atoms with Crippen LogP contribution in [0.1, 0.15) is 0 Å². The van der Waals surface area contributed by atoms with Gasteiger partial charge in [0.15, 0.2) is 5.58 Å². The third-order valence-corrected chi connectivity index (χ3v) is 4.52. The van der Waals surface area contributed by atoms with Crippen molar-refractivity contribution >= 4 is 40.4 Å². The van der Waals surface area contributed by atoms with Gasteiger partial charge >= 0.3 is 11.7 Å². The Morgan fingerprint density at radius 3 is 2.71 bits per heavy atom. The van der Waals surface area contributed by atoms with E-state index in [9.17, 15) is 9.59 Å². The Hall–Kier alpha value is -2.18. The second kappa shape index (κ2) is 7.59. The number of carbonyl (C=O) groups excluding carboxylic acids is 1. The summed E-state index contributed by atoms with van der Waals surface area (Å²) in [7, 11) is 0. The number of nitrogens with zero attached hydrogens (tertiary/aromatic N) is 1. The highest BCUT2D eigenvalue weighted by molar-refractivity contribution is 7.99. The fourth-order valence-electron chi connectivity index (χ4n) is 2.18. The van der Waals surface area contributed by atoms with Crippen molar-refractivity contribution in [1.29, 1.82) is 0 Å². The normalized spacial score (nSPS) is 10.9. The van der Waals surface area contributed by atoms with E-state index >= 15 is 0 Å². The van der Waals surface area contributed by atoms with E-state index in [0.29, 0.717) is 21.9 Å². The van der Waals surface area contributed by atoms with Crippen molar-refractivity contribution in [2.45, 2.75) is 11.4 Å². The summed E-state index contributed by atoms with van der Waals surface area (Å²) in [4.78, 5) is 24.8. The number of thioether (sulfide) groups is 1. The van der Waals surface area contributed by atoms with Gasteiger partial charge in [-0.1, -0.05) is 23.7 Å². The Morgan fingerprint density at radius 2 is 1.92 bits per heavy atom. The monoisotopic (exact) mass is 363 g/mol. The molecule has 0 saturated carbocycles. The van der Waals surface area contributed by atoms with E-state index in [1.807, 2.05) is 24.3 Å². The van der Waals surface area contributed by atoms with Crippen LogP contribution in [0.2, 0.25) is 5.02 Å². The molecule has 0 unspecified atom stereocenters. The van der Waals surface area contributed by atoms with Crippen LogP contribution in [0.4, 0.5) is 0 Å². The first-order valence-corrected chi connectivity index (χ1v) is 8.62. The summed E-state index contributed by atoms with van der Waals surface area (Å²) in [5.74, 6) is -0.418. The van der Waals surface area contributed by atoms with Crippen molar-refractivity contribution in [3.05, 3.63) is 64.1 Å². The van der Waals surface area contributed by atoms with Crippen LogP contribution < -0.4 is 5.76 Å². The van der Waals surface area contributed by atoms with Gasteiger partial charge in [-0.2, -0.15) is 0 Å². The van der Waals surface area contributed by atoms with Crippen LogP contribution in [0.5, 0.6) is 0 Å². The van der Waals surface area contributed by atoms with Gasteiger partial charge in [0, 0.05) is 15.7 Å². The summed E-state index contributed by atoms with van der Waals surface area (Å²) in [5, 5.41) is 0.684. The number of hydrogen-bond donors (Lipinski definition) is 0. The lowest BCUT2D eigenvalue weighted by molar-refractivity contribution is -0.143. The van der Waals surface area contributed by atoms with Gasteiger partial charge in [-0.05, 0) is 36.4 Å². The number of halogens is 1. The van der Waals surface area contributed by atoms with Gasteiger partial charge in [0.1, 0.15) is 13.2 Å². The molecule has 3 rings (SSSR count). The number of rotatable bonds is 6. The molecule has 0 amide bonds. The van der Waals surface area contributed by atoms with Crippen LogP contribution in [-0.2, 0) is 16.1 Å². The number of fused-ring (bicyclic) bond motifs is 1. The summed E-state index contributed by atoms with van der Waals surface area (Å²) in [5.41, 5.74) is 1.03. The summed E-state index contributed by atoms with van der Waals surface area (Å²) < 4.78 is 11.5. The smallest absolute Gasteiger partial charge is 0.420 e. The van der Waals surface area contributed by atoms with Crippen LogP contribution in [0.15, 0.2) is 62.6 Å². The Morgan fingerprint density at radius 1 is 1.17 bits per heavy atom. The molecule has 0 radical (unpaired) electrons. The van der Waals surface area contributed by atoms with E-state index < -0.39 is 11.7 Å². The third kappa shape index (κ3) is 4.01. The molecule has 0 N–H and O–H groups in total. The number of hydrogen-bond acceptors (Lipinski definition) is 5. The first kappa shape index (κ1) is 16.7. The molecule has 124 valence electrons. The van der Waals surface area contributed by atoms with Gasteiger partial charge in [0.25, 0.3) is 0 Å². The maximum atomic E-state index is 11.9. The zero-order valence-electron chi connectivity index (χ0n) is 12.6. The van der Waals surface area contributed by atoms with Gasteiger partial charge < -0.3 is 9.15 Å². The molecule has 0 spiro atoms. The van der Waals surface area contributed by atoms with Gasteiger partial charge in [0.05, 0.1) is 5.52 Å². The Kier molecular flexibility index (Phi) is 5.27. The SMILES string of the molecule is O=C(Cn1c(=O)oc2ccccc21)OCCSc1ccc(Cl)cc1. The van der Waals surface area contributed by atoms with E-state index in [2.05, 4.69) is 0 Å². The molecule has 0 atom stereocenters. The lowest BCUT2D eigenvalue weighted by Crippen LogP contribution is -2.22. The number of para-hydroxylation sites is 2. The molecule has 0 aliphatic heterocycles. The predicted octanol–water partition coefficient (Wildman–Crippen LogP) is 3.58. The number of esters is 1. The molecular formula is C17H14ClNO4S. The summed E-state index contributed by atoms with van der Waals surface area (Å²) in [6.07, 6.45) is 0. The Bertz CT molecular complexity index is 901. The molecule has 5 nitrogen and oxygen atoms in total. The molecule has 0 fully saturated rings. The standard InChI is InChI=1S/C17H14ClNO4S/c18-12-5-7-13(8-6-12)24-10-9-22-16(20)11-19-14-3-1-2-4-15(14)23-17(19)21/h1-8H,9-11H2. The van der Waals surface area contributed by atoms with Crippen molar-refractivity contribution in [1.82, 2.24) is 4.57 Å². The number of aromatic nitrogens is 1. The highest BCUT2D eigenvalue weighted by Crippen LogP contribution is 2.20. The minimum Gasteiger partial charge on any atom is -0.463 e. The molecule has 0 saturated heterocycles. The van der Waals surface area contributed by atoms with Crippen molar-refractivity contribution in [3.8, 4) is 0 Å². The van der Waals surface area contributed by atoms with Crippen LogP contribution in [0.25, 0.3) is 11.1 Å². The highest BCUT2D eigenvalue weighted by Gasteiger charge is 2.13. The molecule has 0 aliphatic carbocycles. The van der Waals surface area contributed by atoms with Crippen LogP contribution in [0.3, 0.4) is 0 Å². The fourth-order valence-corrected chi connectivity index (χ4v) is 3.04. The summed E-state index contributed by atoms with van der Waals surface area (Å²) >= 11 is 7.38. The second-order valence-electron chi connectivity index (χ2n) is 4.94. The zero-order chi connectivity index (χ0) is 16.9. The van der Waals surface area contributed by atoms with E-state index in [1.54, 1.807) is 36.0 Å². The van der Waals surface area contributed by atoms with Crippen LogP contribution in [-0.4, -0.2) is 22.9 Å². The Balaban J connectivity index is 1.51. The van der Waals surface area contributed by atoms with Gasteiger partial charge in [-0.15, -0.1) is 11.8 Å². The minimum absolute atomic E-state index is 0.165. The number of ether oxygens (including phenoxy) is 1. The molecule has 3 aromatic rings. The Labute approximate surface area is 147 Å². The first-order chi connectivity index (χ1) is 11.6. The maximum absolute atomic E-state index is 11.9. The molecule has 24 heavy (non-hydrogen) atoms. The molecule has 2 aromatic carbocycles. The van der Waals surface area contributed by atoms with Crippen molar-refractivity contribution in [2.24, 2.45) is 0 Å². The largest absolute Gasteiger partial charge is 0.463 e. The van der Waals surface area contributed by atoms with Crippen LogP contribution >= 0.6 is 23.4 Å². The van der Waals surface area contributed by atoms with Crippen molar-refractivity contribution in [2.75, 3.05) is 12.4 Å². The molecule has 1 aromatic heterocycles. The topological polar surface area (TPSA) is 61.4 Å². The van der Waals surface area contributed by atoms with Gasteiger partial charge in [0.2, 0.25) is 0 Å². The van der Waals surface area contributed by atoms with Crippen LogP contribution in [0, 0.1) is 0 Å². The lowest BCUT2D eigenvalue weighted by atomic mass is 10.3. The molecule has 0 aliphatic rings. The molecule has 7 heteroatoms. The summed E-state index contributed by atoms with van der Waals surface area (Å²) in [6.45, 7) is 0.0954. The first-order valence-electron chi connectivity index (χ1n) is 7.26. The van der Waals surface area contributed by atoms with E-state index in [1.165, 1.54) is 4.57 Å². The van der Waals surface area contributed by atoms with Crippen molar-refractivity contribution < 1.29 is 13.9 Å². The summed E-state index contributed by atoms with van der Waals surface area (Å²) in [6, 6.07) is 14.4. The average molecular weight is 364 g/mol. The number of carbonyl (C=O) groups is 1. The molecule has 1 heterocycles. The minimum atomic E-state index is -0.566. The molecule has 0 bridgehead atoms. The zero-order valence-corrected chi connectivity index (χ0v) is 14.2. The quantitative estimate of drug-likeness (QED) is 0.380. The van der Waals surface area contributed by atoms with Crippen molar-refractivity contribution in [3.63, 3.8) is 0 Å². The predicted molar refractivity (Wildman–Crippen MR) is 93.6 cm³/mol. The van der Waals surface area contributed by atoms with E-state index in [0.717, 1.165) is 4.90 Å². The van der Waals surface area contributed by atoms with Gasteiger partial charge in [-0.3, -0.25) is 9.36 Å². The van der Waals surface area contributed by atoms with Gasteiger partial charge in [-0.25, -0.2) is 4.79 Å². The second-order valence-corrected chi connectivity index (χ2v) is 6.55. The maximum Gasteiger partial charge on any atom is 0.420 e. The van der Waals surface area contributed by atoms with E-state index in [4.69, 9.17) is 20.8 Å².